The van der Waals surface area contributed by atoms with Crippen molar-refractivity contribution in [2.24, 2.45) is 0 Å². The van der Waals surface area contributed by atoms with Gasteiger partial charge in [-0.15, -0.1) is 0 Å². The third-order valence-corrected chi connectivity index (χ3v) is 2.98. The first-order chi connectivity index (χ1) is 5.08. The van der Waals surface area contributed by atoms with Crippen LogP contribution in [-0.2, 0) is 0 Å². The molecule has 0 aliphatic carbocycles. The lowest BCUT2D eigenvalue weighted by Crippen LogP contribution is -2.74. The Balaban J connectivity index is 2.21. The fraction of sp³-hybridized carbons (Fsp3) is 1.00. The minimum absolute atomic E-state index is 0.0747. The van der Waals surface area contributed by atoms with Crippen molar-refractivity contribution in [3.8, 4) is 0 Å². The molecule has 0 aromatic carbocycles. The third-order valence-electron chi connectivity index (χ3n) is 2.98. The van der Waals surface area contributed by atoms with Gasteiger partial charge < -0.3 is 5.32 Å². The molecule has 1 atom stereocenters. The number of likely N-dealkylation sites (N-methyl/N-ethyl adjacent to an activating group) is 1. The van der Waals surface area contributed by atoms with Crippen LogP contribution in [0.15, 0.2) is 0 Å². The number of nitrogens with zero attached hydrogens (tertiary/aromatic N) is 1. The number of likely N-dealkylation sites (tertiary alicyclic amines) is 1. The Bertz CT molecular complexity index is 175. The van der Waals surface area contributed by atoms with Gasteiger partial charge in [0.15, 0.2) is 0 Å². The zero-order valence-electron chi connectivity index (χ0n) is 6.53. The normalized spacial score (nSPS) is 42.8. The van der Waals surface area contributed by atoms with E-state index in [2.05, 4.69) is 5.32 Å². The van der Waals surface area contributed by atoms with E-state index >= 15 is 0 Å². The second kappa shape index (κ2) is 1.93. The first-order valence-corrected chi connectivity index (χ1v) is 3.88. The molecule has 2 rings (SSSR count). The maximum atomic E-state index is 13.1. The van der Waals surface area contributed by atoms with Crippen LogP contribution in [0.3, 0.4) is 0 Å². The Labute approximate surface area is 64.6 Å². The van der Waals surface area contributed by atoms with Gasteiger partial charge in [-0.1, -0.05) is 0 Å². The molecule has 2 fully saturated rings. The standard InChI is InChI=1S/C7H12F2N2/c1-11-5-7(8,9)6(11)2-3-10-4-6/h10H,2-5H2,1H3. The number of rotatable bonds is 0. The van der Waals surface area contributed by atoms with E-state index < -0.39 is 11.5 Å². The topological polar surface area (TPSA) is 15.3 Å². The van der Waals surface area contributed by atoms with Gasteiger partial charge in [0.25, 0.3) is 5.92 Å². The molecule has 0 aromatic rings. The summed E-state index contributed by atoms with van der Waals surface area (Å²) in [6.45, 7) is 1.09. The summed E-state index contributed by atoms with van der Waals surface area (Å²) in [6, 6.07) is 0. The van der Waals surface area contributed by atoms with Crippen LogP contribution in [0.2, 0.25) is 0 Å². The highest BCUT2D eigenvalue weighted by molar-refractivity contribution is 5.15. The minimum atomic E-state index is -2.47. The van der Waals surface area contributed by atoms with Gasteiger partial charge in [0, 0.05) is 6.54 Å². The van der Waals surface area contributed by atoms with Gasteiger partial charge >= 0.3 is 0 Å². The molecular weight excluding hydrogens is 150 g/mol. The van der Waals surface area contributed by atoms with Crippen molar-refractivity contribution in [1.29, 1.82) is 0 Å². The number of nitrogens with one attached hydrogen (secondary N) is 1. The summed E-state index contributed by atoms with van der Waals surface area (Å²) in [5, 5.41) is 2.98. The molecule has 2 nitrogen and oxygen atoms in total. The Morgan fingerprint density at radius 2 is 2.18 bits per heavy atom. The van der Waals surface area contributed by atoms with E-state index in [1.807, 2.05) is 0 Å². The molecule has 1 N–H and O–H groups in total. The summed E-state index contributed by atoms with van der Waals surface area (Å²) in [7, 11) is 1.77. The molecule has 4 heteroatoms. The zero-order valence-corrected chi connectivity index (χ0v) is 6.53. The van der Waals surface area contributed by atoms with Crippen LogP contribution in [-0.4, -0.2) is 43.0 Å². The number of alkyl halides is 2. The van der Waals surface area contributed by atoms with E-state index in [4.69, 9.17) is 0 Å². The van der Waals surface area contributed by atoms with Gasteiger partial charge in [0.05, 0.1) is 12.1 Å². The molecule has 0 saturated carbocycles. The Hall–Kier alpha value is -0.220. The summed E-state index contributed by atoms with van der Waals surface area (Å²) in [5.74, 6) is -2.47. The van der Waals surface area contributed by atoms with Crippen LogP contribution in [0, 0.1) is 0 Å². The van der Waals surface area contributed by atoms with Gasteiger partial charge in [-0.05, 0) is 20.0 Å². The highest BCUT2D eigenvalue weighted by atomic mass is 19.3. The molecule has 0 radical (unpaired) electrons. The van der Waals surface area contributed by atoms with Crippen molar-refractivity contribution in [2.45, 2.75) is 17.9 Å². The van der Waals surface area contributed by atoms with Gasteiger partial charge in [-0.3, -0.25) is 4.90 Å². The summed E-state index contributed by atoms with van der Waals surface area (Å²) >= 11 is 0. The van der Waals surface area contributed by atoms with Crippen molar-refractivity contribution in [1.82, 2.24) is 10.2 Å². The maximum absolute atomic E-state index is 13.1. The molecule has 2 aliphatic rings. The van der Waals surface area contributed by atoms with Gasteiger partial charge in [-0.25, -0.2) is 8.78 Å². The molecule has 64 valence electrons. The van der Waals surface area contributed by atoms with Crippen molar-refractivity contribution >= 4 is 0 Å². The molecule has 0 amide bonds. The van der Waals surface area contributed by atoms with E-state index in [1.165, 1.54) is 0 Å². The Morgan fingerprint density at radius 1 is 1.45 bits per heavy atom. The van der Waals surface area contributed by atoms with Crippen LogP contribution in [0.1, 0.15) is 6.42 Å². The van der Waals surface area contributed by atoms with Crippen molar-refractivity contribution in [3.63, 3.8) is 0 Å². The zero-order chi connectivity index (χ0) is 8.11. The van der Waals surface area contributed by atoms with Gasteiger partial charge in [0.1, 0.15) is 0 Å². The average Bonchev–Trinajstić information content (AvgIpc) is 2.34. The Morgan fingerprint density at radius 3 is 2.45 bits per heavy atom. The van der Waals surface area contributed by atoms with Crippen molar-refractivity contribution < 1.29 is 8.78 Å². The molecule has 0 bridgehead atoms. The first kappa shape index (κ1) is 7.43. The molecule has 2 heterocycles. The van der Waals surface area contributed by atoms with Crippen LogP contribution >= 0.6 is 0 Å². The Kier molecular flexibility index (Phi) is 1.30. The van der Waals surface area contributed by atoms with Crippen molar-refractivity contribution in [2.75, 3.05) is 26.7 Å². The molecular formula is C7H12F2N2. The van der Waals surface area contributed by atoms with Crippen LogP contribution < -0.4 is 5.32 Å². The fourth-order valence-corrected chi connectivity index (χ4v) is 2.10. The van der Waals surface area contributed by atoms with Crippen LogP contribution in [0.25, 0.3) is 0 Å². The van der Waals surface area contributed by atoms with Crippen LogP contribution in [0.5, 0.6) is 0 Å². The molecule has 2 aliphatic heterocycles. The highest BCUT2D eigenvalue weighted by Crippen LogP contribution is 2.46. The predicted molar refractivity (Wildman–Crippen MR) is 37.8 cm³/mol. The number of halogens is 2. The van der Waals surface area contributed by atoms with Crippen LogP contribution in [0.4, 0.5) is 8.78 Å². The first-order valence-electron chi connectivity index (χ1n) is 3.88. The molecule has 11 heavy (non-hydrogen) atoms. The highest BCUT2D eigenvalue weighted by Gasteiger charge is 2.66. The van der Waals surface area contributed by atoms with Gasteiger partial charge in [0.2, 0.25) is 0 Å². The van der Waals surface area contributed by atoms with Gasteiger partial charge in [-0.2, -0.15) is 0 Å². The molecule has 1 spiro atoms. The monoisotopic (exact) mass is 162 g/mol. The average molecular weight is 162 g/mol. The number of hydrogen-bond acceptors (Lipinski definition) is 2. The fourth-order valence-electron chi connectivity index (χ4n) is 2.10. The summed E-state index contributed by atoms with van der Waals surface area (Å²) in [6.07, 6.45) is 0.580. The summed E-state index contributed by atoms with van der Waals surface area (Å²) in [4.78, 5) is 1.76. The van der Waals surface area contributed by atoms with E-state index in [1.54, 1.807) is 11.9 Å². The van der Waals surface area contributed by atoms with E-state index in [-0.39, 0.29) is 6.54 Å². The molecule has 0 aromatic heterocycles. The SMILES string of the molecule is CN1CC(F)(F)C12CCNC2. The largest absolute Gasteiger partial charge is 0.315 e. The maximum Gasteiger partial charge on any atom is 0.279 e. The molecule has 1 unspecified atom stereocenters. The third kappa shape index (κ3) is 0.715. The second-order valence-electron chi connectivity index (χ2n) is 3.52. The van der Waals surface area contributed by atoms with E-state index in [9.17, 15) is 8.78 Å². The second-order valence-corrected chi connectivity index (χ2v) is 3.52. The lowest BCUT2D eigenvalue weighted by atomic mass is 9.80. The van der Waals surface area contributed by atoms with Crippen molar-refractivity contribution in [3.05, 3.63) is 0 Å². The predicted octanol–water partition coefficient (Wildman–Crippen LogP) is 0.299. The van der Waals surface area contributed by atoms with E-state index in [0.29, 0.717) is 13.0 Å². The minimum Gasteiger partial charge on any atom is -0.315 e. The summed E-state index contributed by atoms with van der Waals surface area (Å²) in [5.41, 5.74) is -0.840. The smallest absolute Gasteiger partial charge is 0.279 e. The quantitative estimate of drug-likeness (QED) is 0.551. The van der Waals surface area contributed by atoms with E-state index in [0.717, 1.165) is 6.54 Å². The molecule has 2 saturated heterocycles. The lowest BCUT2D eigenvalue weighted by Gasteiger charge is -2.54. The lowest BCUT2D eigenvalue weighted by molar-refractivity contribution is -0.227. The number of hydrogen-bond donors (Lipinski definition) is 1. The summed E-state index contributed by atoms with van der Waals surface area (Å²) < 4.78 is 26.1.